The van der Waals surface area contributed by atoms with E-state index in [0.717, 1.165) is 18.8 Å². The Kier molecular flexibility index (Phi) is 4.07. The molecule has 1 saturated heterocycles. The highest BCUT2D eigenvalue weighted by molar-refractivity contribution is 5.80. The third kappa shape index (κ3) is 3.15. The molecule has 4 heteroatoms. The van der Waals surface area contributed by atoms with E-state index in [1.165, 1.54) is 18.5 Å². The topological polar surface area (TPSA) is 35.6 Å². The fourth-order valence-electron chi connectivity index (χ4n) is 2.10. The number of hydrogen-bond donors (Lipinski definition) is 1. The second kappa shape index (κ2) is 5.76. The average molecular weight is 247 g/mol. The minimum atomic E-state index is 0.0821. The van der Waals surface area contributed by atoms with Crippen LogP contribution in [0.15, 0.2) is 24.3 Å². The number of nitrogens with one attached hydrogen (secondary N) is 1. The molecule has 1 aromatic carbocycles. The van der Waals surface area contributed by atoms with Crippen molar-refractivity contribution in [2.75, 3.05) is 43.9 Å². The van der Waals surface area contributed by atoms with Gasteiger partial charge in [0.05, 0.1) is 6.54 Å². The summed E-state index contributed by atoms with van der Waals surface area (Å²) in [6.45, 7) is 2.66. The summed E-state index contributed by atoms with van der Waals surface area (Å²) in [5.74, 6) is 0.0821. The molecule has 1 aromatic rings. The van der Waals surface area contributed by atoms with Gasteiger partial charge in [0.2, 0.25) is 5.91 Å². The fraction of sp³-hybridized carbons (Fsp3) is 0.500. The summed E-state index contributed by atoms with van der Waals surface area (Å²) in [7, 11) is 3.53. The molecule has 1 aliphatic rings. The molecule has 1 aliphatic heterocycles. The number of amides is 1. The molecule has 1 amide bonds. The summed E-state index contributed by atoms with van der Waals surface area (Å²) in [4.78, 5) is 15.4. The molecule has 0 unspecified atom stereocenters. The summed E-state index contributed by atoms with van der Waals surface area (Å²) >= 11 is 0. The first-order valence-electron chi connectivity index (χ1n) is 6.46. The van der Waals surface area contributed by atoms with Crippen molar-refractivity contribution in [3.05, 3.63) is 24.3 Å². The Morgan fingerprint density at radius 1 is 1.22 bits per heavy atom. The molecule has 0 saturated carbocycles. The Morgan fingerprint density at radius 3 is 2.39 bits per heavy atom. The van der Waals surface area contributed by atoms with Gasteiger partial charge in [0.1, 0.15) is 0 Å². The molecule has 98 valence electrons. The lowest BCUT2D eigenvalue weighted by Gasteiger charge is -2.18. The molecule has 4 nitrogen and oxygen atoms in total. The van der Waals surface area contributed by atoms with Gasteiger partial charge < -0.3 is 15.1 Å². The Hall–Kier alpha value is -1.71. The second-order valence-corrected chi connectivity index (χ2v) is 4.88. The number of rotatable bonds is 4. The van der Waals surface area contributed by atoms with E-state index < -0.39 is 0 Å². The van der Waals surface area contributed by atoms with Gasteiger partial charge in [-0.05, 0) is 37.1 Å². The smallest absolute Gasteiger partial charge is 0.241 e. The predicted molar refractivity (Wildman–Crippen MR) is 75.1 cm³/mol. The van der Waals surface area contributed by atoms with Crippen molar-refractivity contribution in [2.45, 2.75) is 12.8 Å². The average Bonchev–Trinajstić information content (AvgIpc) is 2.90. The Bertz CT molecular complexity index is 394. The molecule has 2 rings (SSSR count). The van der Waals surface area contributed by atoms with Crippen molar-refractivity contribution < 1.29 is 4.79 Å². The zero-order valence-electron chi connectivity index (χ0n) is 11.1. The molecule has 0 bridgehead atoms. The summed E-state index contributed by atoms with van der Waals surface area (Å²) in [6.07, 6.45) is 2.58. The zero-order valence-corrected chi connectivity index (χ0v) is 11.1. The van der Waals surface area contributed by atoms with Crippen LogP contribution in [0.2, 0.25) is 0 Å². The number of nitrogens with zero attached hydrogens (tertiary/aromatic N) is 2. The fourth-order valence-corrected chi connectivity index (χ4v) is 2.10. The molecule has 1 heterocycles. The van der Waals surface area contributed by atoms with Crippen molar-refractivity contribution in [3.63, 3.8) is 0 Å². The quantitative estimate of drug-likeness (QED) is 0.881. The lowest BCUT2D eigenvalue weighted by molar-refractivity contribution is -0.126. The van der Waals surface area contributed by atoms with E-state index in [1.54, 1.807) is 19.0 Å². The normalized spacial score (nSPS) is 14.7. The number of benzene rings is 1. The number of anilines is 2. The molecule has 1 N–H and O–H groups in total. The maximum Gasteiger partial charge on any atom is 0.241 e. The Morgan fingerprint density at radius 2 is 1.83 bits per heavy atom. The maximum absolute atomic E-state index is 11.4. The van der Waals surface area contributed by atoms with Gasteiger partial charge in [-0.1, -0.05) is 0 Å². The lowest BCUT2D eigenvalue weighted by Crippen LogP contribution is -2.28. The van der Waals surface area contributed by atoms with Crippen LogP contribution in [0.5, 0.6) is 0 Å². The molecule has 0 radical (unpaired) electrons. The van der Waals surface area contributed by atoms with Crippen molar-refractivity contribution >= 4 is 17.3 Å². The van der Waals surface area contributed by atoms with Gasteiger partial charge in [0.25, 0.3) is 0 Å². The third-order valence-corrected chi connectivity index (χ3v) is 3.28. The van der Waals surface area contributed by atoms with E-state index >= 15 is 0 Å². The third-order valence-electron chi connectivity index (χ3n) is 3.28. The first-order chi connectivity index (χ1) is 8.66. The lowest BCUT2D eigenvalue weighted by atomic mass is 10.2. The second-order valence-electron chi connectivity index (χ2n) is 4.88. The zero-order chi connectivity index (χ0) is 13.0. The minimum absolute atomic E-state index is 0.0821. The summed E-state index contributed by atoms with van der Waals surface area (Å²) in [5, 5.41) is 3.13. The first-order valence-corrected chi connectivity index (χ1v) is 6.46. The van der Waals surface area contributed by atoms with Crippen LogP contribution in [0, 0.1) is 0 Å². The van der Waals surface area contributed by atoms with E-state index in [0.29, 0.717) is 6.54 Å². The van der Waals surface area contributed by atoms with E-state index in [4.69, 9.17) is 0 Å². The van der Waals surface area contributed by atoms with Crippen LogP contribution in [0.3, 0.4) is 0 Å². The molecule has 0 aromatic heterocycles. The van der Waals surface area contributed by atoms with E-state index in [9.17, 15) is 4.79 Å². The van der Waals surface area contributed by atoms with Gasteiger partial charge >= 0.3 is 0 Å². The monoisotopic (exact) mass is 247 g/mol. The van der Waals surface area contributed by atoms with Crippen LogP contribution in [0.4, 0.5) is 11.4 Å². The van der Waals surface area contributed by atoms with Crippen LogP contribution in [0.25, 0.3) is 0 Å². The minimum Gasteiger partial charge on any atom is -0.376 e. The molecule has 0 aliphatic carbocycles. The molecule has 1 fully saturated rings. The van der Waals surface area contributed by atoms with Crippen LogP contribution >= 0.6 is 0 Å². The van der Waals surface area contributed by atoms with Gasteiger partial charge in [0, 0.05) is 38.6 Å². The van der Waals surface area contributed by atoms with Gasteiger partial charge in [0.15, 0.2) is 0 Å². The van der Waals surface area contributed by atoms with Gasteiger partial charge in [-0.3, -0.25) is 4.79 Å². The highest BCUT2D eigenvalue weighted by Crippen LogP contribution is 2.21. The van der Waals surface area contributed by atoms with Crippen LogP contribution in [-0.2, 0) is 4.79 Å². The number of likely N-dealkylation sites (N-methyl/N-ethyl adjacent to an activating group) is 1. The predicted octanol–water partition coefficient (Wildman–Crippen LogP) is 1.79. The highest BCUT2D eigenvalue weighted by atomic mass is 16.2. The van der Waals surface area contributed by atoms with E-state index in [2.05, 4.69) is 22.3 Å². The molecule has 0 atom stereocenters. The van der Waals surface area contributed by atoms with E-state index in [1.807, 2.05) is 12.1 Å². The van der Waals surface area contributed by atoms with Crippen LogP contribution in [-0.4, -0.2) is 44.5 Å². The highest BCUT2D eigenvalue weighted by Gasteiger charge is 2.11. The van der Waals surface area contributed by atoms with Crippen molar-refractivity contribution in [2.24, 2.45) is 0 Å². The standard InChI is InChI=1S/C14H21N3O/c1-16(2)14(18)11-15-12-5-7-13(8-6-12)17-9-3-4-10-17/h5-8,15H,3-4,9-11H2,1-2H3. The summed E-state index contributed by atoms with van der Waals surface area (Å²) < 4.78 is 0. The molecular weight excluding hydrogens is 226 g/mol. The maximum atomic E-state index is 11.4. The van der Waals surface area contributed by atoms with Gasteiger partial charge in [-0.15, -0.1) is 0 Å². The van der Waals surface area contributed by atoms with Crippen molar-refractivity contribution in [1.29, 1.82) is 0 Å². The van der Waals surface area contributed by atoms with Crippen molar-refractivity contribution in [1.82, 2.24) is 4.90 Å². The summed E-state index contributed by atoms with van der Waals surface area (Å²) in [5.41, 5.74) is 2.27. The van der Waals surface area contributed by atoms with Crippen LogP contribution in [0.1, 0.15) is 12.8 Å². The van der Waals surface area contributed by atoms with E-state index in [-0.39, 0.29) is 5.91 Å². The summed E-state index contributed by atoms with van der Waals surface area (Å²) in [6, 6.07) is 8.31. The van der Waals surface area contributed by atoms with Crippen molar-refractivity contribution in [3.8, 4) is 0 Å². The molecule has 0 spiro atoms. The van der Waals surface area contributed by atoms with Gasteiger partial charge in [-0.2, -0.15) is 0 Å². The Labute approximate surface area is 109 Å². The molecular formula is C14H21N3O. The molecule has 18 heavy (non-hydrogen) atoms. The van der Waals surface area contributed by atoms with Crippen LogP contribution < -0.4 is 10.2 Å². The largest absolute Gasteiger partial charge is 0.376 e. The first kappa shape index (κ1) is 12.7. The van der Waals surface area contributed by atoms with Gasteiger partial charge in [-0.25, -0.2) is 0 Å². The number of carbonyl (C=O) groups is 1. The number of hydrogen-bond acceptors (Lipinski definition) is 3. The SMILES string of the molecule is CN(C)C(=O)CNc1ccc(N2CCCC2)cc1. The Balaban J connectivity index is 1.89. The number of carbonyl (C=O) groups excluding carboxylic acids is 1.